The highest BCUT2D eigenvalue weighted by molar-refractivity contribution is 5.97. The smallest absolute Gasteiger partial charge is 0.355 e. The first-order valence-electron chi connectivity index (χ1n) is 8.69. The molecule has 0 aliphatic carbocycles. The first-order chi connectivity index (χ1) is 13.8. The molecule has 2 aromatic carbocycles. The molecule has 3 aromatic rings. The molecule has 0 spiro atoms. The average molecular weight is 399 g/mol. The quantitative estimate of drug-likeness (QED) is 0.574. The molecule has 0 radical (unpaired) electrons. The molecule has 0 saturated carbocycles. The SMILES string of the molecule is CNC(=O)c1ccc(-c2cc([NH2+]/C=C\C(=N)C(F)(F)F)c3ccccc3n2)cc1. The van der Waals surface area contributed by atoms with Crippen LogP contribution in [0.15, 0.2) is 66.9 Å². The molecule has 0 unspecified atom stereocenters. The zero-order valence-corrected chi connectivity index (χ0v) is 15.4. The largest absolute Gasteiger partial charge is 0.432 e. The van der Waals surface area contributed by atoms with Crippen LogP contribution in [0, 0.1) is 5.41 Å². The van der Waals surface area contributed by atoms with Crippen molar-refractivity contribution < 1.29 is 23.3 Å². The van der Waals surface area contributed by atoms with Crippen molar-refractivity contribution in [3.8, 4) is 11.3 Å². The van der Waals surface area contributed by atoms with E-state index in [2.05, 4.69) is 10.3 Å². The Morgan fingerprint density at radius 1 is 1.14 bits per heavy atom. The molecule has 8 heteroatoms. The number of nitrogens with zero attached hydrogens (tertiary/aromatic N) is 1. The van der Waals surface area contributed by atoms with Gasteiger partial charge in [0.1, 0.15) is 11.4 Å². The normalized spacial score (nSPS) is 11.7. The first kappa shape index (κ1) is 20.2. The number of amides is 1. The van der Waals surface area contributed by atoms with Crippen LogP contribution in [0.25, 0.3) is 22.2 Å². The minimum absolute atomic E-state index is 0.200. The Balaban J connectivity index is 1.97. The van der Waals surface area contributed by atoms with Gasteiger partial charge in [-0.2, -0.15) is 13.2 Å². The number of hydrogen-bond donors (Lipinski definition) is 3. The Morgan fingerprint density at radius 2 is 1.83 bits per heavy atom. The van der Waals surface area contributed by atoms with Gasteiger partial charge in [-0.3, -0.25) is 15.5 Å². The van der Waals surface area contributed by atoms with E-state index in [-0.39, 0.29) is 5.91 Å². The minimum Gasteiger partial charge on any atom is -0.355 e. The molecule has 5 nitrogen and oxygen atoms in total. The minimum atomic E-state index is -4.68. The van der Waals surface area contributed by atoms with Gasteiger partial charge < -0.3 is 5.32 Å². The standard InChI is InChI=1S/C21H17F3N4O/c1-26-20(29)14-8-6-13(7-9-14)17-12-18(15-4-2-3-5-16(15)28-17)27-11-10-19(25)21(22,23)24/h2-12,25H,1H3,(H,26,29)(H,27,28)/p+1/b11-10-,25-19?. The maximum absolute atomic E-state index is 12.5. The van der Waals surface area contributed by atoms with Crippen molar-refractivity contribution in [1.29, 1.82) is 5.41 Å². The molecule has 0 fully saturated rings. The predicted molar refractivity (Wildman–Crippen MR) is 105 cm³/mol. The number of alkyl halides is 3. The number of pyridine rings is 1. The number of nitrogens with two attached hydrogens (primary N) is 1. The van der Waals surface area contributed by atoms with E-state index in [4.69, 9.17) is 5.41 Å². The van der Waals surface area contributed by atoms with Crippen LogP contribution in [0.2, 0.25) is 0 Å². The number of carbonyl (C=O) groups is 1. The summed E-state index contributed by atoms with van der Waals surface area (Å²) in [7, 11) is 1.55. The van der Waals surface area contributed by atoms with E-state index >= 15 is 0 Å². The van der Waals surface area contributed by atoms with Crippen molar-refractivity contribution in [3.63, 3.8) is 0 Å². The fourth-order valence-electron chi connectivity index (χ4n) is 2.77. The summed E-state index contributed by atoms with van der Waals surface area (Å²) in [6.45, 7) is 0. The fourth-order valence-corrected chi connectivity index (χ4v) is 2.77. The maximum Gasteiger partial charge on any atom is 0.432 e. The Bertz CT molecular complexity index is 1090. The summed E-state index contributed by atoms with van der Waals surface area (Å²) in [5, 5.41) is 11.9. The zero-order chi connectivity index (χ0) is 21.0. The van der Waals surface area contributed by atoms with E-state index in [1.807, 2.05) is 24.3 Å². The number of aromatic nitrogens is 1. The summed E-state index contributed by atoms with van der Waals surface area (Å²) >= 11 is 0. The van der Waals surface area contributed by atoms with Gasteiger partial charge in [0.15, 0.2) is 0 Å². The molecule has 1 amide bonds. The van der Waals surface area contributed by atoms with Crippen molar-refractivity contribution in [2.24, 2.45) is 0 Å². The van der Waals surface area contributed by atoms with Crippen LogP contribution in [-0.2, 0) is 0 Å². The lowest BCUT2D eigenvalue weighted by Gasteiger charge is -2.08. The number of fused-ring (bicyclic) bond motifs is 1. The maximum atomic E-state index is 12.5. The van der Waals surface area contributed by atoms with E-state index in [9.17, 15) is 18.0 Å². The summed E-state index contributed by atoms with van der Waals surface area (Å²) < 4.78 is 37.5. The van der Waals surface area contributed by atoms with E-state index < -0.39 is 11.9 Å². The Labute approximate surface area is 164 Å². The molecule has 0 aliphatic rings. The van der Waals surface area contributed by atoms with Gasteiger partial charge in [-0.05, 0) is 24.3 Å². The molecule has 0 atom stereocenters. The molecule has 4 N–H and O–H groups in total. The topological polar surface area (TPSA) is 82.5 Å². The number of rotatable bonds is 5. The third-order valence-corrected chi connectivity index (χ3v) is 4.26. The number of halogens is 3. The highest BCUT2D eigenvalue weighted by Crippen LogP contribution is 2.26. The van der Waals surface area contributed by atoms with E-state index in [0.29, 0.717) is 28.5 Å². The van der Waals surface area contributed by atoms with Crippen LogP contribution in [-0.4, -0.2) is 29.8 Å². The third-order valence-electron chi connectivity index (χ3n) is 4.26. The molecular weight excluding hydrogens is 381 g/mol. The van der Waals surface area contributed by atoms with Crippen molar-refractivity contribution in [2.75, 3.05) is 7.05 Å². The second kappa shape index (κ2) is 8.24. The van der Waals surface area contributed by atoms with Crippen LogP contribution in [0.1, 0.15) is 10.4 Å². The molecule has 0 saturated heterocycles. The van der Waals surface area contributed by atoms with Crippen LogP contribution < -0.4 is 10.6 Å². The predicted octanol–water partition coefficient (Wildman–Crippen LogP) is 3.55. The Morgan fingerprint density at radius 3 is 2.48 bits per heavy atom. The lowest BCUT2D eigenvalue weighted by molar-refractivity contribution is -0.494. The van der Waals surface area contributed by atoms with Gasteiger partial charge in [0.25, 0.3) is 5.91 Å². The summed E-state index contributed by atoms with van der Waals surface area (Å²) in [4.78, 5) is 16.3. The molecule has 0 aliphatic heterocycles. The van der Waals surface area contributed by atoms with Gasteiger partial charge in [0.2, 0.25) is 0 Å². The van der Waals surface area contributed by atoms with Gasteiger partial charge in [0, 0.05) is 30.3 Å². The highest BCUT2D eigenvalue weighted by atomic mass is 19.4. The van der Waals surface area contributed by atoms with E-state index in [1.54, 1.807) is 37.4 Å². The number of quaternary nitrogens is 1. The van der Waals surface area contributed by atoms with E-state index in [0.717, 1.165) is 10.9 Å². The molecule has 148 valence electrons. The number of nitrogens with one attached hydrogen (secondary N) is 2. The number of benzene rings is 2. The van der Waals surface area contributed by atoms with E-state index in [1.165, 1.54) is 11.5 Å². The summed E-state index contributed by atoms with van der Waals surface area (Å²) in [5.74, 6) is -0.200. The molecule has 1 aromatic heterocycles. The highest BCUT2D eigenvalue weighted by Gasteiger charge is 2.32. The van der Waals surface area contributed by atoms with Crippen molar-refractivity contribution in [3.05, 3.63) is 72.4 Å². The lowest BCUT2D eigenvalue weighted by atomic mass is 10.1. The third kappa shape index (κ3) is 4.67. The Kier molecular flexibility index (Phi) is 5.74. The van der Waals surface area contributed by atoms with Gasteiger partial charge in [0.05, 0.1) is 22.8 Å². The fraction of sp³-hybridized carbons (Fsp3) is 0.0952. The van der Waals surface area contributed by atoms with Crippen LogP contribution in [0.5, 0.6) is 0 Å². The van der Waals surface area contributed by atoms with Crippen molar-refractivity contribution in [1.82, 2.24) is 10.3 Å². The van der Waals surface area contributed by atoms with Crippen LogP contribution >= 0.6 is 0 Å². The molecule has 29 heavy (non-hydrogen) atoms. The zero-order valence-electron chi connectivity index (χ0n) is 15.4. The number of para-hydroxylation sites is 1. The number of hydrogen-bond acceptors (Lipinski definition) is 3. The number of allylic oxidation sites excluding steroid dienone is 1. The first-order valence-corrected chi connectivity index (χ1v) is 8.69. The lowest BCUT2D eigenvalue weighted by Crippen LogP contribution is -2.71. The molecule has 3 rings (SSSR count). The van der Waals surface area contributed by atoms with Gasteiger partial charge in [-0.15, -0.1) is 0 Å². The second-order valence-corrected chi connectivity index (χ2v) is 6.21. The monoisotopic (exact) mass is 399 g/mol. The molecule has 1 heterocycles. The van der Waals surface area contributed by atoms with Gasteiger partial charge in [-0.1, -0.05) is 24.3 Å². The summed E-state index contributed by atoms with van der Waals surface area (Å²) in [6.07, 6.45) is -2.76. The number of carbonyl (C=O) groups excluding carboxylic acids is 1. The Hall–Kier alpha value is -3.52. The van der Waals surface area contributed by atoms with Gasteiger partial charge in [-0.25, -0.2) is 4.98 Å². The molecule has 0 bridgehead atoms. The van der Waals surface area contributed by atoms with Crippen molar-refractivity contribution in [2.45, 2.75) is 6.18 Å². The van der Waals surface area contributed by atoms with Crippen molar-refractivity contribution >= 4 is 28.2 Å². The van der Waals surface area contributed by atoms with Crippen LogP contribution in [0.4, 0.5) is 18.9 Å². The summed E-state index contributed by atoms with van der Waals surface area (Å²) in [5.41, 5.74) is 1.84. The summed E-state index contributed by atoms with van der Waals surface area (Å²) in [6, 6.07) is 15.9. The molecular formula is C21H18F3N4O+. The average Bonchev–Trinajstić information content (AvgIpc) is 2.72. The van der Waals surface area contributed by atoms with Crippen LogP contribution in [0.3, 0.4) is 0 Å². The van der Waals surface area contributed by atoms with Gasteiger partial charge >= 0.3 is 6.18 Å². The second-order valence-electron chi connectivity index (χ2n) is 6.21.